The first-order valence-corrected chi connectivity index (χ1v) is 9.46. The highest BCUT2D eigenvalue weighted by molar-refractivity contribution is 7.88. The van der Waals surface area contributed by atoms with Crippen molar-refractivity contribution in [3.05, 3.63) is 17.5 Å². The van der Waals surface area contributed by atoms with Gasteiger partial charge in [0, 0.05) is 38.4 Å². The lowest BCUT2D eigenvalue weighted by molar-refractivity contribution is 0.0763. The number of carbonyl (C=O) groups is 1. The summed E-state index contributed by atoms with van der Waals surface area (Å²) in [6.45, 7) is 6.58. The number of hydrogen-bond acceptors (Lipinski definition) is 4. The van der Waals surface area contributed by atoms with Crippen LogP contribution in [0.5, 0.6) is 0 Å². The number of carbonyl (C=O) groups excluding carboxylic acids is 1. The maximum Gasteiger partial charge on any atom is 0.257 e. The highest BCUT2D eigenvalue weighted by Crippen LogP contribution is 2.14. The van der Waals surface area contributed by atoms with E-state index in [0.29, 0.717) is 38.2 Å². The van der Waals surface area contributed by atoms with Crippen LogP contribution in [0.1, 0.15) is 35.8 Å². The zero-order valence-corrected chi connectivity index (χ0v) is 14.3. The molecule has 0 saturated carbocycles. The lowest BCUT2D eigenvalue weighted by atomic mass is 10.2. The van der Waals surface area contributed by atoms with Gasteiger partial charge >= 0.3 is 0 Å². The van der Waals surface area contributed by atoms with Gasteiger partial charge in [0.25, 0.3) is 5.91 Å². The van der Waals surface area contributed by atoms with Gasteiger partial charge in [-0.05, 0) is 19.8 Å². The fraction of sp³-hybridized carbons (Fsp3) is 0.714. The summed E-state index contributed by atoms with van der Waals surface area (Å²) in [5, 5.41) is 4.26. The maximum absolute atomic E-state index is 12.7. The second kappa shape index (κ2) is 6.78. The molecule has 0 N–H and O–H groups in total. The van der Waals surface area contributed by atoms with Crippen molar-refractivity contribution in [1.82, 2.24) is 19.0 Å². The molecule has 1 amide bonds. The summed E-state index contributed by atoms with van der Waals surface area (Å²) >= 11 is 0. The Kier molecular flexibility index (Phi) is 5.23. The number of aromatic nitrogens is 2. The third-order valence-electron chi connectivity index (χ3n) is 3.98. The molecule has 1 aromatic heterocycles. The lowest BCUT2D eigenvalue weighted by Crippen LogP contribution is -2.37. The first-order valence-electron chi connectivity index (χ1n) is 7.61. The van der Waals surface area contributed by atoms with Crippen molar-refractivity contribution in [3.8, 4) is 0 Å². The average molecular weight is 328 g/mol. The zero-order valence-electron chi connectivity index (χ0n) is 13.4. The second-order valence-corrected chi connectivity index (χ2v) is 7.66. The fourth-order valence-corrected chi connectivity index (χ4v) is 3.57. The molecule has 7 nitrogen and oxygen atoms in total. The van der Waals surface area contributed by atoms with Crippen LogP contribution in [-0.4, -0.2) is 65.7 Å². The van der Waals surface area contributed by atoms with Crippen LogP contribution in [0.25, 0.3) is 0 Å². The Hall–Kier alpha value is -1.41. The Morgan fingerprint density at radius 1 is 1.27 bits per heavy atom. The molecule has 124 valence electrons. The van der Waals surface area contributed by atoms with Crippen molar-refractivity contribution in [3.63, 3.8) is 0 Å². The summed E-state index contributed by atoms with van der Waals surface area (Å²) in [7, 11) is -3.20. The van der Waals surface area contributed by atoms with Gasteiger partial charge in [-0.1, -0.05) is 6.92 Å². The maximum atomic E-state index is 12.7. The van der Waals surface area contributed by atoms with Gasteiger partial charge in [-0.15, -0.1) is 0 Å². The van der Waals surface area contributed by atoms with Gasteiger partial charge in [0.15, 0.2) is 0 Å². The Bertz CT molecular complexity index is 639. The predicted molar refractivity (Wildman–Crippen MR) is 84.2 cm³/mol. The summed E-state index contributed by atoms with van der Waals surface area (Å²) in [5.74, 6) is -0.0600. The SMILES string of the molecule is CCCn1ncc(C(=O)N2CCCN(S(C)(=O)=O)CC2)c1C. The highest BCUT2D eigenvalue weighted by atomic mass is 32.2. The molecule has 1 saturated heterocycles. The van der Waals surface area contributed by atoms with E-state index in [0.717, 1.165) is 18.7 Å². The van der Waals surface area contributed by atoms with Gasteiger partial charge < -0.3 is 4.90 Å². The van der Waals surface area contributed by atoms with Gasteiger partial charge in [-0.3, -0.25) is 9.48 Å². The number of rotatable bonds is 4. The summed E-state index contributed by atoms with van der Waals surface area (Å²) < 4.78 is 26.5. The van der Waals surface area contributed by atoms with Gasteiger partial charge in [-0.25, -0.2) is 12.7 Å². The third-order valence-corrected chi connectivity index (χ3v) is 5.28. The largest absolute Gasteiger partial charge is 0.337 e. The summed E-state index contributed by atoms with van der Waals surface area (Å²) in [4.78, 5) is 14.4. The first kappa shape index (κ1) is 17.0. The quantitative estimate of drug-likeness (QED) is 0.816. The molecule has 0 atom stereocenters. The van der Waals surface area contributed by atoms with E-state index in [1.54, 1.807) is 11.1 Å². The molecule has 0 spiro atoms. The van der Waals surface area contributed by atoms with Crippen LogP contribution in [0.15, 0.2) is 6.20 Å². The average Bonchev–Trinajstić information content (AvgIpc) is 2.67. The van der Waals surface area contributed by atoms with Crippen molar-refractivity contribution in [1.29, 1.82) is 0 Å². The standard InChI is InChI=1S/C14H24N4O3S/c1-4-6-18-12(2)13(11-15-18)14(19)16-7-5-8-17(10-9-16)22(3,20)21/h11H,4-10H2,1-3H3. The van der Waals surface area contributed by atoms with E-state index in [9.17, 15) is 13.2 Å². The first-order chi connectivity index (χ1) is 10.3. The molecule has 22 heavy (non-hydrogen) atoms. The molecule has 0 unspecified atom stereocenters. The zero-order chi connectivity index (χ0) is 16.3. The molecular weight excluding hydrogens is 304 g/mol. The van der Waals surface area contributed by atoms with Crippen molar-refractivity contribution >= 4 is 15.9 Å². The van der Waals surface area contributed by atoms with Crippen LogP contribution in [0.3, 0.4) is 0 Å². The van der Waals surface area contributed by atoms with Gasteiger partial charge in [0.1, 0.15) is 0 Å². The molecule has 0 bridgehead atoms. The summed E-state index contributed by atoms with van der Waals surface area (Å²) in [6, 6.07) is 0. The van der Waals surface area contributed by atoms with Crippen molar-refractivity contribution in [2.75, 3.05) is 32.4 Å². The second-order valence-electron chi connectivity index (χ2n) is 5.67. The highest BCUT2D eigenvalue weighted by Gasteiger charge is 2.26. The Labute approximate surface area is 131 Å². The van der Waals surface area contributed by atoms with E-state index in [4.69, 9.17) is 0 Å². The summed E-state index contributed by atoms with van der Waals surface area (Å²) in [5.41, 5.74) is 1.48. The molecule has 2 heterocycles. The molecule has 0 aliphatic carbocycles. The van der Waals surface area contributed by atoms with Crippen LogP contribution in [0.4, 0.5) is 0 Å². The number of aryl methyl sites for hydroxylation is 1. The Morgan fingerprint density at radius 3 is 2.64 bits per heavy atom. The smallest absolute Gasteiger partial charge is 0.257 e. The topological polar surface area (TPSA) is 75.5 Å². The minimum Gasteiger partial charge on any atom is -0.337 e. The summed E-state index contributed by atoms with van der Waals surface area (Å²) in [6.07, 6.45) is 4.44. The number of nitrogens with zero attached hydrogens (tertiary/aromatic N) is 4. The van der Waals surface area contributed by atoms with Crippen molar-refractivity contribution in [2.45, 2.75) is 33.2 Å². The van der Waals surface area contributed by atoms with Crippen molar-refractivity contribution in [2.24, 2.45) is 0 Å². The molecule has 1 fully saturated rings. The van der Waals surface area contributed by atoms with Crippen LogP contribution >= 0.6 is 0 Å². The normalized spacial score (nSPS) is 17.5. The van der Waals surface area contributed by atoms with Gasteiger partial charge in [0.2, 0.25) is 10.0 Å². The molecule has 2 rings (SSSR count). The molecule has 0 aromatic carbocycles. The fourth-order valence-electron chi connectivity index (χ4n) is 2.69. The third kappa shape index (κ3) is 3.67. The number of amides is 1. The molecule has 1 aliphatic heterocycles. The van der Waals surface area contributed by atoms with Crippen molar-refractivity contribution < 1.29 is 13.2 Å². The lowest BCUT2D eigenvalue weighted by Gasteiger charge is -2.21. The molecule has 0 radical (unpaired) electrons. The van der Waals surface area contributed by atoms with E-state index in [1.807, 2.05) is 11.6 Å². The van der Waals surface area contributed by atoms with E-state index in [2.05, 4.69) is 12.0 Å². The van der Waals surface area contributed by atoms with Crippen LogP contribution in [0, 0.1) is 6.92 Å². The van der Waals surface area contributed by atoms with E-state index in [-0.39, 0.29) is 5.91 Å². The minimum absolute atomic E-state index is 0.0600. The molecular formula is C14H24N4O3S. The van der Waals surface area contributed by atoms with Crippen LogP contribution < -0.4 is 0 Å². The van der Waals surface area contributed by atoms with E-state index < -0.39 is 10.0 Å². The predicted octanol–water partition coefficient (Wildman–Crippen LogP) is 0.709. The van der Waals surface area contributed by atoms with E-state index in [1.165, 1.54) is 10.6 Å². The van der Waals surface area contributed by atoms with Crippen LogP contribution in [0.2, 0.25) is 0 Å². The molecule has 1 aliphatic rings. The monoisotopic (exact) mass is 328 g/mol. The van der Waals surface area contributed by atoms with E-state index >= 15 is 0 Å². The minimum atomic E-state index is -3.20. The van der Waals surface area contributed by atoms with Gasteiger partial charge in [0.05, 0.1) is 18.0 Å². The van der Waals surface area contributed by atoms with Crippen LogP contribution in [-0.2, 0) is 16.6 Å². The molecule has 1 aromatic rings. The molecule has 8 heteroatoms. The number of hydrogen-bond donors (Lipinski definition) is 0. The Morgan fingerprint density at radius 2 is 2.00 bits per heavy atom. The Balaban J connectivity index is 2.10. The van der Waals surface area contributed by atoms with Gasteiger partial charge in [-0.2, -0.15) is 5.10 Å². The number of sulfonamides is 1.